The Kier molecular flexibility index (Phi) is 5.63. The number of aromatic nitrogens is 2. The summed E-state index contributed by atoms with van der Waals surface area (Å²) in [5.41, 5.74) is 2.71. The van der Waals surface area contributed by atoms with E-state index in [-0.39, 0.29) is 5.91 Å². The van der Waals surface area contributed by atoms with Crippen LogP contribution in [0.15, 0.2) is 79.1 Å². The number of nitrogens with zero attached hydrogens (tertiary/aromatic N) is 3. The number of carbonyl (C=O) groups excluding carboxylic acids is 1. The number of fused-ring (bicyclic) bond motifs is 1. The predicted octanol–water partition coefficient (Wildman–Crippen LogP) is 4.95. The minimum Gasteiger partial charge on any atom is -0.497 e. The Balaban J connectivity index is 1.68. The van der Waals surface area contributed by atoms with E-state index in [9.17, 15) is 4.79 Å². The summed E-state index contributed by atoms with van der Waals surface area (Å²) in [6, 6.07) is 19.3. The van der Waals surface area contributed by atoms with E-state index in [1.165, 1.54) is 11.3 Å². The first-order chi connectivity index (χ1) is 14.2. The number of methoxy groups -OCH3 is 1. The van der Waals surface area contributed by atoms with Gasteiger partial charge in [-0.15, -0.1) is 0 Å². The lowest BCUT2D eigenvalue weighted by atomic mass is 10.2. The molecule has 5 nitrogen and oxygen atoms in total. The fourth-order valence-corrected chi connectivity index (χ4v) is 3.82. The third kappa shape index (κ3) is 4.50. The zero-order chi connectivity index (χ0) is 20.1. The standard InChI is InChI=1S/C23H19N3O2S/c1-28-19-10-11-21-20(14-19)25-23(29-21)26(16-18-8-5-13-24-15-18)22(27)12-9-17-6-3-2-4-7-17/h2-15H,16H2,1H3. The molecule has 0 fully saturated rings. The van der Waals surface area contributed by atoms with Crippen LogP contribution in [0, 0.1) is 0 Å². The van der Waals surface area contributed by atoms with Crippen molar-refractivity contribution in [2.45, 2.75) is 6.54 Å². The van der Waals surface area contributed by atoms with Crippen molar-refractivity contribution in [1.82, 2.24) is 9.97 Å². The number of hydrogen-bond donors (Lipinski definition) is 0. The van der Waals surface area contributed by atoms with Gasteiger partial charge >= 0.3 is 0 Å². The summed E-state index contributed by atoms with van der Waals surface area (Å²) < 4.78 is 6.28. The monoisotopic (exact) mass is 401 g/mol. The zero-order valence-electron chi connectivity index (χ0n) is 15.9. The maximum absolute atomic E-state index is 13.1. The van der Waals surface area contributed by atoms with Gasteiger partial charge in [0, 0.05) is 24.5 Å². The molecular formula is C23H19N3O2S. The first-order valence-electron chi connectivity index (χ1n) is 9.11. The van der Waals surface area contributed by atoms with Crippen molar-refractivity contribution in [2.24, 2.45) is 0 Å². The van der Waals surface area contributed by atoms with Crippen LogP contribution in [0.3, 0.4) is 0 Å². The van der Waals surface area contributed by atoms with Gasteiger partial charge < -0.3 is 4.74 Å². The molecule has 0 aliphatic carbocycles. The van der Waals surface area contributed by atoms with Crippen LogP contribution in [0.25, 0.3) is 16.3 Å². The quantitative estimate of drug-likeness (QED) is 0.429. The molecule has 0 radical (unpaired) electrons. The molecule has 0 saturated carbocycles. The van der Waals surface area contributed by atoms with E-state index in [4.69, 9.17) is 4.74 Å². The van der Waals surface area contributed by atoms with Crippen molar-refractivity contribution in [3.05, 3.63) is 90.3 Å². The Morgan fingerprint density at radius 1 is 1.14 bits per heavy atom. The third-order valence-electron chi connectivity index (χ3n) is 4.36. The highest BCUT2D eigenvalue weighted by atomic mass is 32.1. The molecule has 1 amide bonds. The number of ether oxygens (including phenoxy) is 1. The topological polar surface area (TPSA) is 55.3 Å². The van der Waals surface area contributed by atoms with Gasteiger partial charge in [0.1, 0.15) is 5.75 Å². The molecule has 2 aromatic heterocycles. The molecule has 0 saturated heterocycles. The van der Waals surface area contributed by atoms with Crippen molar-refractivity contribution in [3.8, 4) is 5.75 Å². The van der Waals surface area contributed by atoms with Crippen molar-refractivity contribution in [1.29, 1.82) is 0 Å². The molecule has 0 atom stereocenters. The summed E-state index contributed by atoms with van der Waals surface area (Å²) >= 11 is 1.48. The molecule has 144 valence electrons. The van der Waals surface area contributed by atoms with Crippen molar-refractivity contribution in [2.75, 3.05) is 12.0 Å². The second-order valence-electron chi connectivity index (χ2n) is 6.36. The molecule has 0 spiro atoms. The number of thiazole rings is 1. The normalized spacial score (nSPS) is 11.1. The summed E-state index contributed by atoms with van der Waals surface area (Å²) in [6.07, 6.45) is 6.87. The second kappa shape index (κ2) is 8.67. The molecule has 29 heavy (non-hydrogen) atoms. The van der Waals surface area contributed by atoms with Crippen molar-refractivity contribution >= 4 is 38.7 Å². The van der Waals surface area contributed by atoms with E-state index >= 15 is 0 Å². The third-order valence-corrected chi connectivity index (χ3v) is 5.42. The summed E-state index contributed by atoms with van der Waals surface area (Å²) in [7, 11) is 1.63. The Morgan fingerprint density at radius 3 is 2.76 bits per heavy atom. The highest BCUT2D eigenvalue weighted by Gasteiger charge is 2.19. The SMILES string of the molecule is COc1ccc2sc(N(Cc3cccnc3)C(=O)C=Cc3ccccc3)nc2c1. The van der Waals surface area contributed by atoms with Gasteiger partial charge in [-0.25, -0.2) is 4.98 Å². The number of benzene rings is 2. The second-order valence-corrected chi connectivity index (χ2v) is 7.37. The van der Waals surface area contributed by atoms with Crippen LogP contribution >= 0.6 is 11.3 Å². The number of pyridine rings is 1. The van der Waals surface area contributed by atoms with E-state index in [2.05, 4.69) is 9.97 Å². The van der Waals surface area contributed by atoms with Gasteiger partial charge in [-0.3, -0.25) is 14.7 Å². The Labute approximate surface area is 172 Å². The summed E-state index contributed by atoms with van der Waals surface area (Å²) in [5.74, 6) is 0.604. The fourth-order valence-electron chi connectivity index (χ4n) is 2.87. The molecule has 0 N–H and O–H groups in total. The van der Waals surface area contributed by atoms with E-state index in [0.717, 1.165) is 27.1 Å². The average molecular weight is 401 g/mol. The van der Waals surface area contributed by atoms with Crippen LogP contribution in [0.2, 0.25) is 0 Å². The van der Waals surface area contributed by atoms with Crippen LogP contribution in [-0.2, 0) is 11.3 Å². The van der Waals surface area contributed by atoms with E-state index in [1.54, 1.807) is 30.5 Å². The largest absolute Gasteiger partial charge is 0.497 e. The van der Waals surface area contributed by atoms with E-state index in [0.29, 0.717) is 11.7 Å². The predicted molar refractivity (Wildman–Crippen MR) is 117 cm³/mol. The Hall–Kier alpha value is -3.51. The van der Waals surface area contributed by atoms with E-state index < -0.39 is 0 Å². The molecule has 6 heteroatoms. The molecule has 4 rings (SSSR count). The van der Waals surface area contributed by atoms with Crippen LogP contribution in [-0.4, -0.2) is 23.0 Å². The maximum Gasteiger partial charge on any atom is 0.253 e. The fraction of sp³-hybridized carbons (Fsp3) is 0.0870. The Bertz CT molecular complexity index is 1140. The molecule has 0 aliphatic rings. The van der Waals surface area contributed by atoms with Crippen LogP contribution in [0.5, 0.6) is 5.75 Å². The molecule has 2 heterocycles. The van der Waals surface area contributed by atoms with Gasteiger partial charge in [-0.2, -0.15) is 0 Å². The van der Waals surface area contributed by atoms with Gasteiger partial charge in [-0.1, -0.05) is 47.7 Å². The number of amides is 1. The molecule has 4 aromatic rings. The highest BCUT2D eigenvalue weighted by molar-refractivity contribution is 7.22. The first kappa shape index (κ1) is 18.8. The minimum atomic E-state index is -0.135. The van der Waals surface area contributed by atoms with Gasteiger partial charge in [0.05, 0.1) is 23.9 Å². The van der Waals surface area contributed by atoms with Gasteiger partial charge in [0.25, 0.3) is 5.91 Å². The molecular weight excluding hydrogens is 382 g/mol. The van der Waals surface area contributed by atoms with Crippen molar-refractivity contribution in [3.63, 3.8) is 0 Å². The van der Waals surface area contributed by atoms with E-state index in [1.807, 2.05) is 66.7 Å². The summed E-state index contributed by atoms with van der Waals surface area (Å²) in [5, 5.41) is 0.639. The highest BCUT2D eigenvalue weighted by Crippen LogP contribution is 2.32. The minimum absolute atomic E-state index is 0.135. The number of hydrogen-bond acceptors (Lipinski definition) is 5. The lowest BCUT2D eigenvalue weighted by Gasteiger charge is -2.18. The van der Waals surface area contributed by atoms with Crippen molar-refractivity contribution < 1.29 is 9.53 Å². The van der Waals surface area contributed by atoms with Crippen LogP contribution in [0.1, 0.15) is 11.1 Å². The lowest BCUT2D eigenvalue weighted by Crippen LogP contribution is -2.28. The van der Waals surface area contributed by atoms with Crippen LogP contribution < -0.4 is 9.64 Å². The number of carbonyl (C=O) groups is 1. The lowest BCUT2D eigenvalue weighted by molar-refractivity contribution is -0.114. The molecule has 0 unspecified atom stereocenters. The maximum atomic E-state index is 13.1. The average Bonchev–Trinajstić information content (AvgIpc) is 3.20. The van der Waals surface area contributed by atoms with Gasteiger partial charge in [0.15, 0.2) is 5.13 Å². The zero-order valence-corrected chi connectivity index (χ0v) is 16.7. The summed E-state index contributed by atoms with van der Waals surface area (Å²) in [4.78, 5) is 23.6. The first-order valence-corrected chi connectivity index (χ1v) is 9.93. The molecule has 0 aliphatic heterocycles. The van der Waals surface area contributed by atoms with Gasteiger partial charge in [0.2, 0.25) is 0 Å². The van der Waals surface area contributed by atoms with Gasteiger partial charge in [-0.05, 0) is 35.4 Å². The summed E-state index contributed by atoms with van der Waals surface area (Å²) in [6.45, 7) is 0.392. The smallest absolute Gasteiger partial charge is 0.253 e. The molecule has 2 aromatic carbocycles. The molecule has 0 bridgehead atoms. The number of anilines is 1. The Morgan fingerprint density at radius 2 is 2.00 bits per heavy atom. The van der Waals surface area contributed by atoms with Crippen LogP contribution in [0.4, 0.5) is 5.13 Å². The number of rotatable bonds is 6.